The topological polar surface area (TPSA) is 136 Å². The average Bonchev–Trinajstić information content (AvgIpc) is 3.66. The van der Waals surface area contributed by atoms with Crippen LogP contribution in [-0.2, 0) is 9.59 Å². The van der Waals surface area contributed by atoms with Crippen molar-refractivity contribution in [1.29, 1.82) is 0 Å². The zero-order valence-corrected chi connectivity index (χ0v) is 21.3. The van der Waals surface area contributed by atoms with Crippen LogP contribution in [0, 0.1) is 0 Å². The number of hydrogen-bond donors (Lipinski definition) is 2. The number of imide groups is 2. The van der Waals surface area contributed by atoms with Crippen molar-refractivity contribution in [2.24, 2.45) is 9.98 Å². The molecule has 0 aromatic heterocycles. The van der Waals surface area contributed by atoms with E-state index in [4.69, 9.17) is 9.98 Å². The minimum absolute atomic E-state index is 0.335. The van der Waals surface area contributed by atoms with Crippen LogP contribution >= 0.6 is 0 Å². The summed E-state index contributed by atoms with van der Waals surface area (Å²) in [5.41, 5.74) is 0. The lowest BCUT2D eigenvalue weighted by Crippen LogP contribution is -2.65. The van der Waals surface area contributed by atoms with Crippen LogP contribution in [0.2, 0.25) is 0 Å². The molecule has 4 saturated heterocycles. The summed E-state index contributed by atoms with van der Waals surface area (Å²) in [7, 11) is 3.33. The van der Waals surface area contributed by atoms with Gasteiger partial charge in [0, 0.05) is 53.4 Å². The molecule has 0 bridgehead atoms. The van der Waals surface area contributed by atoms with Crippen molar-refractivity contribution < 1.29 is 19.2 Å². The lowest BCUT2D eigenvalue weighted by molar-refractivity contribution is -0.127. The second kappa shape index (κ2) is 9.06. The number of fused-ring (bicyclic) bond motifs is 2. The first-order chi connectivity index (χ1) is 17.8. The quantitative estimate of drug-likeness (QED) is 0.471. The van der Waals surface area contributed by atoms with Gasteiger partial charge in [-0.3, -0.25) is 20.2 Å². The van der Waals surface area contributed by atoms with Gasteiger partial charge in [-0.05, 0) is 32.1 Å². The van der Waals surface area contributed by atoms with Crippen LogP contribution in [0.3, 0.4) is 0 Å². The highest BCUT2D eigenvalue weighted by molar-refractivity contribution is 6.04. The summed E-state index contributed by atoms with van der Waals surface area (Å²) < 4.78 is 0. The Kier molecular flexibility index (Phi) is 5.83. The molecule has 6 rings (SSSR count). The Morgan fingerprint density at radius 2 is 1.05 bits per heavy atom. The molecule has 6 heterocycles. The molecule has 0 saturated carbocycles. The number of aliphatic imine (C=N–C) groups is 2. The largest absolute Gasteiger partial charge is 0.343 e. The van der Waals surface area contributed by atoms with Crippen molar-refractivity contribution in [3.05, 3.63) is 0 Å². The Balaban J connectivity index is 1.21. The van der Waals surface area contributed by atoms with Gasteiger partial charge in [0.05, 0.1) is 0 Å². The predicted molar refractivity (Wildman–Crippen MR) is 132 cm³/mol. The number of guanidine groups is 2. The fraction of sp³-hybridized carbons (Fsp3) is 0.739. The molecule has 0 aliphatic carbocycles. The molecule has 200 valence electrons. The lowest BCUT2D eigenvalue weighted by atomic mass is 10.1. The molecule has 37 heavy (non-hydrogen) atoms. The molecular weight excluding hydrogens is 480 g/mol. The lowest BCUT2D eigenvalue weighted by Gasteiger charge is -2.39. The first-order valence-corrected chi connectivity index (χ1v) is 13.2. The van der Waals surface area contributed by atoms with E-state index in [0.717, 1.165) is 63.8 Å². The van der Waals surface area contributed by atoms with Crippen LogP contribution in [0.25, 0.3) is 0 Å². The third-order valence-corrected chi connectivity index (χ3v) is 8.25. The standard InChI is InChI=1S/C23H34N10O4/c1-28-16-14(18(34)26-22(28)36)32(20(24-16)30-8-3-4-9-30)12-7-13-33-15-17(29(2)23(37)27-19(15)35)25-21(33)31-10-5-6-11-31/h14-17H,3-13H2,1-2H3,(H,26,34,36)(H,27,35,37). The van der Waals surface area contributed by atoms with Gasteiger partial charge < -0.3 is 29.4 Å². The van der Waals surface area contributed by atoms with E-state index in [1.165, 1.54) is 9.80 Å². The smallest absolute Gasteiger partial charge is 0.325 e. The van der Waals surface area contributed by atoms with E-state index in [0.29, 0.717) is 19.5 Å². The predicted octanol–water partition coefficient (Wildman–Crippen LogP) is -1.34. The van der Waals surface area contributed by atoms with E-state index < -0.39 is 36.5 Å². The molecule has 0 spiro atoms. The second-order valence-electron chi connectivity index (χ2n) is 10.5. The summed E-state index contributed by atoms with van der Waals surface area (Å²) in [5.74, 6) is 0.854. The van der Waals surface area contributed by atoms with Gasteiger partial charge >= 0.3 is 12.1 Å². The summed E-state index contributed by atoms with van der Waals surface area (Å²) in [4.78, 5) is 71.4. The Morgan fingerprint density at radius 3 is 1.43 bits per heavy atom. The van der Waals surface area contributed by atoms with Crippen LogP contribution in [0.5, 0.6) is 0 Å². The number of nitrogens with zero attached hydrogens (tertiary/aromatic N) is 8. The third-order valence-electron chi connectivity index (χ3n) is 8.25. The van der Waals surface area contributed by atoms with Crippen molar-refractivity contribution in [1.82, 2.24) is 40.0 Å². The number of urea groups is 2. The minimum atomic E-state index is -0.585. The molecular formula is C23H34N10O4. The highest BCUT2D eigenvalue weighted by Crippen LogP contribution is 2.29. The molecule has 0 aromatic rings. The van der Waals surface area contributed by atoms with Gasteiger partial charge in [-0.1, -0.05) is 0 Å². The van der Waals surface area contributed by atoms with E-state index in [1.807, 2.05) is 9.80 Å². The van der Waals surface area contributed by atoms with Crippen molar-refractivity contribution in [3.8, 4) is 0 Å². The Morgan fingerprint density at radius 1 is 0.676 bits per heavy atom. The second-order valence-corrected chi connectivity index (χ2v) is 10.5. The molecule has 0 aromatic carbocycles. The summed E-state index contributed by atoms with van der Waals surface area (Å²) in [6.07, 6.45) is 3.79. The van der Waals surface area contributed by atoms with Crippen molar-refractivity contribution in [2.45, 2.75) is 56.5 Å². The number of likely N-dealkylation sites (tertiary alicyclic amines) is 2. The van der Waals surface area contributed by atoms with Gasteiger partial charge in [0.1, 0.15) is 0 Å². The normalized spacial score (nSPS) is 31.6. The molecule has 14 nitrogen and oxygen atoms in total. The zero-order valence-electron chi connectivity index (χ0n) is 21.3. The van der Waals surface area contributed by atoms with E-state index in [-0.39, 0.29) is 11.8 Å². The monoisotopic (exact) mass is 514 g/mol. The Labute approximate surface area is 215 Å². The number of amides is 6. The summed E-state index contributed by atoms with van der Waals surface area (Å²) in [6.45, 7) is 4.55. The summed E-state index contributed by atoms with van der Waals surface area (Å²) in [5, 5.41) is 4.91. The Hall–Kier alpha value is -3.58. The van der Waals surface area contributed by atoms with Crippen LogP contribution in [0.4, 0.5) is 9.59 Å². The van der Waals surface area contributed by atoms with Crippen LogP contribution in [-0.4, -0.2) is 143 Å². The zero-order chi connectivity index (χ0) is 25.8. The fourth-order valence-corrected chi connectivity index (χ4v) is 6.27. The number of carbonyl (C=O) groups is 4. The molecule has 4 fully saturated rings. The molecule has 6 aliphatic heterocycles. The van der Waals surface area contributed by atoms with Gasteiger partial charge in [0.15, 0.2) is 36.3 Å². The van der Waals surface area contributed by atoms with Gasteiger partial charge in [0.2, 0.25) is 0 Å². The van der Waals surface area contributed by atoms with Gasteiger partial charge in [-0.15, -0.1) is 0 Å². The molecule has 4 unspecified atom stereocenters. The first kappa shape index (κ1) is 23.8. The maximum Gasteiger partial charge on any atom is 0.325 e. The van der Waals surface area contributed by atoms with Gasteiger partial charge in [0.25, 0.3) is 11.8 Å². The van der Waals surface area contributed by atoms with Crippen LogP contribution in [0.15, 0.2) is 9.98 Å². The maximum absolute atomic E-state index is 12.9. The Bertz CT molecular complexity index is 984. The number of likely N-dealkylation sites (N-methyl/N-ethyl adjacent to an activating group) is 2. The van der Waals surface area contributed by atoms with Crippen LogP contribution in [0.1, 0.15) is 32.1 Å². The SMILES string of the molecule is CN1C(=O)NC(=O)C2C1N=C(N1CCCC1)N2CCCN1C(N2CCCC2)=NC2C1C(=O)NC(=O)N2C. The highest BCUT2D eigenvalue weighted by atomic mass is 16.2. The number of nitrogens with one attached hydrogen (secondary N) is 2. The molecule has 6 amide bonds. The van der Waals surface area contributed by atoms with Crippen molar-refractivity contribution in [3.63, 3.8) is 0 Å². The maximum atomic E-state index is 12.9. The third kappa shape index (κ3) is 3.84. The van der Waals surface area contributed by atoms with E-state index in [1.54, 1.807) is 14.1 Å². The molecule has 6 aliphatic rings. The average molecular weight is 515 g/mol. The van der Waals surface area contributed by atoms with E-state index in [2.05, 4.69) is 20.4 Å². The van der Waals surface area contributed by atoms with Gasteiger partial charge in [-0.2, -0.15) is 0 Å². The number of rotatable bonds is 4. The minimum Gasteiger partial charge on any atom is -0.343 e. The van der Waals surface area contributed by atoms with E-state index in [9.17, 15) is 19.2 Å². The van der Waals surface area contributed by atoms with Crippen molar-refractivity contribution in [2.75, 3.05) is 53.4 Å². The molecule has 0 radical (unpaired) electrons. The van der Waals surface area contributed by atoms with E-state index >= 15 is 0 Å². The molecule has 14 heteroatoms. The summed E-state index contributed by atoms with van der Waals surface area (Å²) in [6, 6.07) is -2.04. The van der Waals surface area contributed by atoms with Gasteiger partial charge in [-0.25, -0.2) is 19.6 Å². The molecule has 2 N–H and O–H groups in total. The fourth-order valence-electron chi connectivity index (χ4n) is 6.27. The number of carbonyl (C=O) groups excluding carboxylic acids is 4. The molecule has 4 atom stereocenters. The highest BCUT2D eigenvalue weighted by Gasteiger charge is 2.51. The number of hydrogen-bond acceptors (Lipinski definition) is 10. The summed E-state index contributed by atoms with van der Waals surface area (Å²) >= 11 is 0. The first-order valence-electron chi connectivity index (χ1n) is 13.2. The van der Waals surface area contributed by atoms with Crippen LogP contribution < -0.4 is 10.6 Å². The van der Waals surface area contributed by atoms with Crippen molar-refractivity contribution >= 4 is 35.8 Å².